The molecule has 2 heterocycles. The largest absolute Gasteiger partial charge is 0.505 e. The third-order valence-corrected chi connectivity index (χ3v) is 4.79. The van der Waals surface area contributed by atoms with Gasteiger partial charge in [-0.15, -0.1) is 5.10 Å². The SMILES string of the molecule is N#Cc1ccc(Cn2cc(CCCCCn3cccc(O)c3=S)nn2)cc1. The Hall–Kier alpha value is -2.98. The van der Waals surface area contributed by atoms with Crippen molar-refractivity contribution >= 4 is 12.2 Å². The molecule has 0 aliphatic heterocycles. The number of nitriles is 1. The van der Waals surface area contributed by atoms with Gasteiger partial charge in [-0.3, -0.25) is 0 Å². The summed E-state index contributed by atoms with van der Waals surface area (Å²) in [5.74, 6) is 0.159. The van der Waals surface area contributed by atoms with Crippen molar-refractivity contribution in [3.05, 3.63) is 70.3 Å². The minimum absolute atomic E-state index is 0.159. The molecule has 0 spiro atoms. The van der Waals surface area contributed by atoms with Gasteiger partial charge in [0.25, 0.3) is 0 Å². The second kappa shape index (κ2) is 9.10. The van der Waals surface area contributed by atoms with Gasteiger partial charge in [0, 0.05) is 18.9 Å². The maximum Gasteiger partial charge on any atom is 0.150 e. The molecular weight excluding hydrogens is 358 g/mol. The fraction of sp³-hybridized carbons (Fsp3) is 0.300. The highest BCUT2D eigenvalue weighted by Crippen LogP contribution is 2.12. The number of unbranched alkanes of at least 4 members (excludes halogenated alkanes) is 2. The van der Waals surface area contributed by atoms with E-state index in [2.05, 4.69) is 16.4 Å². The first kappa shape index (κ1) is 18.8. The number of aryl methyl sites for hydroxylation is 2. The lowest BCUT2D eigenvalue weighted by molar-refractivity contribution is 0.459. The molecule has 27 heavy (non-hydrogen) atoms. The number of pyridine rings is 1. The monoisotopic (exact) mass is 379 g/mol. The van der Waals surface area contributed by atoms with Crippen LogP contribution in [-0.2, 0) is 19.5 Å². The predicted molar refractivity (Wildman–Crippen MR) is 105 cm³/mol. The highest BCUT2D eigenvalue weighted by molar-refractivity contribution is 7.71. The zero-order chi connectivity index (χ0) is 19.1. The fourth-order valence-corrected chi connectivity index (χ4v) is 3.09. The summed E-state index contributed by atoms with van der Waals surface area (Å²) in [5, 5.41) is 26.9. The zero-order valence-corrected chi connectivity index (χ0v) is 15.8. The third-order valence-electron chi connectivity index (χ3n) is 4.35. The summed E-state index contributed by atoms with van der Waals surface area (Å²) in [6, 6.07) is 13.0. The molecule has 0 amide bonds. The third kappa shape index (κ3) is 5.25. The van der Waals surface area contributed by atoms with Gasteiger partial charge in [-0.1, -0.05) is 36.0 Å². The Bertz CT molecular complexity index is 985. The first-order valence-electron chi connectivity index (χ1n) is 8.92. The van der Waals surface area contributed by atoms with Crippen LogP contribution < -0.4 is 0 Å². The maximum absolute atomic E-state index is 9.63. The topological polar surface area (TPSA) is 79.7 Å². The Morgan fingerprint density at radius 2 is 1.93 bits per heavy atom. The molecule has 0 aliphatic rings. The van der Waals surface area contributed by atoms with E-state index in [1.54, 1.807) is 12.1 Å². The summed E-state index contributed by atoms with van der Waals surface area (Å²) < 4.78 is 4.21. The highest BCUT2D eigenvalue weighted by Gasteiger charge is 2.03. The van der Waals surface area contributed by atoms with Crippen molar-refractivity contribution < 1.29 is 5.11 Å². The number of aromatic nitrogens is 4. The van der Waals surface area contributed by atoms with Gasteiger partial charge in [0.05, 0.1) is 23.9 Å². The van der Waals surface area contributed by atoms with E-state index in [1.807, 2.05) is 45.9 Å². The van der Waals surface area contributed by atoms with E-state index in [4.69, 9.17) is 17.5 Å². The van der Waals surface area contributed by atoms with Gasteiger partial charge in [0.1, 0.15) is 10.4 Å². The first-order chi connectivity index (χ1) is 13.2. The van der Waals surface area contributed by atoms with Gasteiger partial charge in [-0.2, -0.15) is 5.26 Å². The maximum atomic E-state index is 9.63. The highest BCUT2D eigenvalue weighted by atomic mass is 32.1. The Morgan fingerprint density at radius 1 is 1.11 bits per heavy atom. The van der Waals surface area contributed by atoms with E-state index < -0.39 is 0 Å². The Kier molecular flexibility index (Phi) is 6.34. The van der Waals surface area contributed by atoms with Crippen molar-refractivity contribution in [1.82, 2.24) is 19.6 Å². The van der Waals surface area contributed by atoms with E-state index in [0.29, 0.717) is 16.7 Å². The van der Waals surface area contributed by atoms with Gasteiger partial charge in [-0.05, 0) is 49.1 Å². The van der Waals surface area contributed by atoms with Gasteiger partial charge in [0.15, 0.2) is 0 Å². The van der Waals surface area contributed by atoms with Crippen LogP contribution in [-0.4, -0.2) is 24.7 Å². The van der Waals surface area contributed by atoms with Crippen LogP contribution in [0.5, 0.6) is 5.75 Å². The van der Waals surface area contributed by atoms with Crippen LogP contribution in [0.2, 0.25) is 0 Å². The second-order valence-corrected chi connectivity index (χ2v) is 6.81. The number of hydrogen-bond donors (Lipinski definition) is 1. The number of benzene rings is 1. The molecule has 0 radical (unpaired) electrons. The number of hydrogen-bond acceptors (Lipinski definition) is 5. The quantitative estimate of drug-likeness (QED) is 0.475. The molecule has 0 aliphatic carbocycles. The first-order valence-corrected chi connectivity index (χ1v) is 9.33. The van der Waals surface area contributed by atoms with E-state index >= 15 is 0 Å². The smallest absolute Gasteiger partial charge is 0.150 e. The summed E-state index contributed by atoms with van der Waals surface area (Å²) in [5.41, 5.74) is 2.73. The molecular formula is C20H21N5OS. The summed E-state index contributed by atoms with van der Waals surface area (Å²) in [7, 11) is 0. The molecule has 2 aromatic heterocycles. The van der Waals surface area contributed by atoms with Crippen LogP contribution in [0.1, 0.15) is 36.1 Å². The molecule has 138 valence electrons. The average molecular weight is 379 g/mol. The Labute approximate surface area is 163 Å². The Morgan fingerprint density at radius 3 is 2.70 bits per heavy atom. The van der Waals surface area contributed by atoms with Crippen LogP contribution in [0.4, 0.5) is 0 Å². The lowest BCUT2D eigenvalue weighted by Crippen LogP contribution is -2.00. The van der Waals surface area contributed by atoms with Gasteiger partial charge in [0.2, 0.25) is 0 Å². The number of nitrogens with zero attached hydrogens (tertiary/aromatic N) is 5. The summed E-state index contributed by atoms with van der Waals surface area (Å²) in [6.07, 6.45) is 7.85. The molecule has 0 fully saturated rings. The van der Waals surface area contributed by atoms with Crippen LogP contribution in [0, 0.1) is 16.0 Å². The molecule has 0 unspecified atom stereocenters. The van der Waals surface area contributed by atoms with E-state index in [9.17, 15) is 5.11 Å². The van der Waals surface area contributed by atoms with Crippen molar-refractivity contribution in [3.8, 4) is 11.8 Å². The van der Waals surface area contributed by atoms with E-state index in [0.717, 1.165) is 43.5 Å². The summed E-state index contributed by atoms with van der Waals surface area (Å²) in [4.78, 5) is 0. The standard InChI is InChI=1S/C20H21N5OS/c21-13-16-7-9-17(10-8-16)14-25-15-18(22-23-25)5-2-1-3-11-24-12-4-6-19(26)20(24)27/h4,6-10,12,15,26H,1-3,5,11,14H2. The van der Waals surface area contributed by atoms with Crippen molar-refractivity contribution in [2.45, 2.75) is 38.8 Å². The molecule has 0 bridgehead atoms. The Balaban J connectivity index is 1.42. The lowest BCUT2D eigenvalue weighted by atomic mass is 10.1. The number of rotatable bonds is 8. The molecule has 3 rings (SSSR count). The van der Waals surface area contributed by atoms with Gasteiger partial charge < -0.3 is 9.67 Å². The minimum Gasteiger partial charge on any atom is -0.505 e. The predicted octanol–water partition coefficient (Wildman–Crippen LogP) is 3.85. The molecule has 6 nitrogen and oxygen atoms in total. The lowest BCUT2D eigenvalue weighted by Gasteiger charge is -2.07. The normalized spacial score (nSPS) is 10.6. The molecule has 0 saturated carbocycles. The molecule has 1 N–H and O–H groups in total. The zero-order valence-electron chi connectivity index (χ0n) is 15.0. The average Bonchev–Trinajstić information content (AvgIpc) is 3.12. The molecule has 0 atom stereocenters. The van der Waals surface area contributed by atoms with Crippen molar-refractivity contribution in [1.29, 1.82) is 5.26 Å². The van der Waals surface area contributed by atoms with Gasteiger partial charge >= 0.3 is 0 Å². The molecule has 3 aromatic rings. The van der Waals surface area contributed by atoms with Crippen molar-refractivity contribution in [2.24, 2.45) is 0 Å². The van der Waals surface area contributed by atoms with E-state index in [1.165, 1.54) is 0 Å². The van der Waals surface area contributed by atoms with Gasteiger partial charge in [-0.25, -0.2) is 4.68 Å². The van der Waals surface area contributed by atoms with Crippen LogP contribution >= 0.6 is 12.2 Å². The van der Waals surface area contributed by atoms with Crippen molar-refractivity contribution in [2.75, 3.05) is 0 Å². The summed E-state index contributed by atoms with van der Waals surface area (Å²) >= 11 is 5.19. The molecule has 1 aromatic carbocycles. The summed E-state index contributed by atoms with van der Waals surface area (Å²) in [6.45, 7) is 1.45. The second-order valence-electron chi connectivity index (χ2n) is 6.42. The molecule has 7 heteroatoms. The minimum atomic E-state index is 0.159. The number of aromatic hydroxyl groups is 1. The van der Waals surface area contributed by atoms with Crippen LogP contribution in [0.15, 0.2) is 48.8 Å². The van der Waals surface area contributed by atoms with Crippen LogP contribution in [0.3, 0.4) is 0 Å². The van der Waals surface area contributed by atoms with Crippen molar-refractivity contribution in [3.63, 3.8) is 0 Å². The molecule has 0 saturated heterocycles. The fourth-order valence-electron chi connectivity index (χ4n) is 2.87. The van der Waals surface area contributed by atoms with E-state index in [-0.39, 0.29) is 5.75 Å². The van der Waals surface area contributed by atoms with Crippen LogP contribution in [0.25, 0.3) is 0 Å².